The van der Waals surface area contributed by atoms with E-state index in [0.717, 1.165) is 6.42 Å². The van der Waals surface area contributed by atoms with Crippen LogP contribution in [0.25, 0.3) is 0 Å². The Bertz CT molecular complexity index is 127. The van der Waals surface area contributed by atoms with Gasteiger partial charge in [0.15, 0.2) is 0 Å². The van der Waals surface area contributed by atoms with Gasteiger partial charge in [0.05, 0.1) is 0 Å². The molecule has 1 rings (SSSR count). The van der Waals surface area contributed by atoms with Crippen molar-refractivity contribution in [2.75, 3.05) is 0 Å². The zero-order valence-corrected chi connectivity index (χ0v) is 4.22. The molecule has 0 nitrogen and oxygen atoms in total. The predicted molar refractivity (Wildman–Crippen MR) is 32.0 cm³/mol. The van der Waals surface area contributed by atoms with E-state index in [1.807, 2.05) is 6.08 Å². The fourth-order valence-electron chi connectivity index (χ4n) is 0.628. The van der Waals surface area contributed by atoms with Crippen LogP contribution in [0.5, 0.6) is 0 Å². The zero-order valence-electron chi connectivity index (χ0n) is 4.22. The van der Waals surface area contributed by atoms with Gasteiger partial charge in [0.1, 0.15) is 0 Å². The Kier molecular flexibility index (Phi) is 1.12. The molecule has 36 valence electrons. The highest BCUT2D eigenvalue weighted by molar-refractivity contribution is 5.34. The van der Waals surface area contributed by atoms with Crippen molar-refractivity contribution in [2.24, 2.45) is 0 Å². The minimum atomic E-state index is 1.08. The summed E-state index contributed by atoms with van der Waals surface area (Å²) in [5.74, 6) is 0. The third-order valence-corrected chi connectivity index (χ3v) is 1.04. The average molecular weight is 92.1 g/mol. The molecule has 7 heavy (non-hydrogen) atoms. The first-order chi connectivity index (χ1) is 3.43. The quantitative estimate of drug-likeness (QED) is 0.464. The van der Waals surface area contributed by atoms with Crippen LogP contribution in [0.4, 0.5) is 0 Å². The van der Waals surface area contributed by atoms with Gasteiger partial charge in [-0.15, -0.1) is 0 Å². The molecule has 0 radical (unpaired) electrons. The molecule has 0 saturated heterocycles. The van der Waals surface area contributed by atoms with E-state index >= 15 is 0 Å². The van der Waals surface area contributed by atoms with Crippen LogP contribution in [0, 0.1) is 0 Å². The van der Waals surface area contributed by atoms with E-state index in [1.54, 1.807) is 0 Å². The second kappa shape index (κ2) is 1.78. The monoisotopic (exact) mass is 92.1 g/mol. The molecule has 0 heteroatoms. The Labute approximate surface area is 43.9 Å². The van der Waals surface area contributed by atoms with E-state index in [2.05, 4.69) is 24.8 Å². The summed E-state index contributed by atoms with van der Waals surface area (Å²) in [5.41, 5.74) is 1.25. The minimum absolute atomic E-state index is 1.08. The lowest BCUT2D eigenvalue weighted by Gasteiger charge is -1.77. The number of allylic oxidation sites excluding steroid dienone is 5. The van der Waals surface area contributed by atoms with Gasteiger partial charge >= 0.3 is 0 Å². The molecule has 0 atom stereocenters. The van der Waals surface area contributed by atoms with E-state index in [9.17, 15) is 0 Å². The summed E-state index contributed by atoms with van der Waals surface area (Å²) >= 11 is 0. The third kappa shape index (κ3) is 0.801. The van der Waals surface area contributed by atoms with Gasteiger partial charge in [-0.05, 0) is 12.0 Å². The summed E-state index contributed by atoms with van der Waals surface area (Å²) in [6, 6.07) is 0. The number of rotatable bonds is 1. The highest BCUT2D eigenvalue weighted by Gasteiger charge is 1.87. The lowest BCUT2D eigenvalue weighted by Crippen LogP contribution is -1.57. The van der Waals surface area contributed by atoms with Crippen molar-refractivity contribution in [3.63, 3.8) is 0 Å². The van der Waals surface area contributed by atoms with Crippen molar-refractivity contribution in [1.29, 1.82) is 0 Å². The topological polar surface area (TPSA) is 0 Å². The summed E-state index contributed by atoms with van der Waals surface area (Å²) < 4.78 is 0. The highest BCUT2D eigenvalue weighted by Crippen LogP contribution is 2.07. The van der Waals surface area contributed by atoms with Crippen LogP contribution in [0.1, 0.15) is 6.42 Å². The lowest BCUT2D eigenvalue weighted by molar-refractivity contribution is 1.44. The summed E-state index contributed by atoms with van der Waals surface area (Å²) in [6.07, 6.45) is 9.29. The molecular weight excluding hydrogens is 84.1 g/mol. The van der Waals surface area contributed by atoms with Crippen LogP contribution in [-0.2, 0) is 0 Å². The SMILES string of the molecule is C=CC1=CCC=C1. The second-order valence-electron chi connectivity index (χ2n) is 1.55. The van der Waals surface area contributed by atoms with Gasteiger partial charge in [-0.25, -0.2) is 0 Å². The van der Waals surface area contributed by atoms with Crippen LogP contribution in [0.15, 0.2) is 36.5 Å². The molecule has 0 amide bonds. The fourth-order valence-corrected chi connectivity index (χ4v) is 0.628. The first-order valence-corrected chi connectivity index (χ1v) is 2.42. The highest BCUT2D eigenvalue weighted by atomic mass is 13.9. The molecule has 0 aliphatic heterocycles. The summed E-state index contributed by atoms with van der Waals surface area (Å²) in [4.78, 5) is 0. The van der Waals surface area contributed by atoms with Crippen molar-refractivity contribution < 1.29 is 0 Å². The molecule has 1 aliphatic rings. The first kappa shape index (κ1) is 4.38. The van der Waals surface area contributed by atoms with Gasteiger partial charge in [-0.1, -0.05) is 30.9 Å². The molecule has 0 heterocycles. The van der Waals surface area contributed by atoms with Crippen molar-refractivity contribution >= 4 is 0 Å². The van der Waals surface area contributed by atoms with Crippen LogP contribution < -0.4 is 0 Å². The molecule has 0 N–H and O–H groups in total. The lowest BCUT2D eigenvalue weighted by atomic mass is 10.3. The molecule has 0 saturated carbocycles. The fraction of sp³-hybridized carbons (Fsp3) is 0.143. The Morgan fingerprint density at radius 1 is 1.71 bits per heavy atom. The Morgan fingerprint density at radius 3 is 2.86 bits per heavy atom. The zero-order chi connectivity index (χ0) is 5.11. The molecule has 0 unspecified atom stereocenters. The average Bonchev–Trinajstić information content (AvgIpc) is 2.14. The number of hydrogen-bond acceptors (Lipinski definition) is 0. The molecule has 0 aromatic heterocycles. The third-order valence-electron chi connectivity index (χ3n) is 1.04. The summed E-state index contributed by atoms with van der Waals surface area (Å²) in [5, 5.41) is 0. The van der Waals surface area contributed by atoms with E-state index < -0.39 is 0 Å². The maximum absolute atomic E-state index is 3.62. The predicted octanol–water partition coefficient (Wildman–Crippen LogP) is 2.06. The molecule has 0 aromatic rings. The van der Waals surface area contributed by atoms with Crippen molar-refractivity contribution in [1.82, 2.24) is 0 Å². The second-order valence-corrected chi connectivity index (χ2v) is 1.55. The van der Waals surface area contributed by atoms with Gasteiger partial charge < -0.3 is 0 Å². The Balaban J connectivity index is 2.69. The molecule has 1 aliphatic carbocycles. The van der Waals surface area contributed by atoms with E-state index in [1.165, 1.54) is 5.57 Å². The van der Waals surface area contributed by atoms with Gasteiger partial charge in [0.2, 0.25) is 0 Å². The van der Waals surface area contributed by atoms with Crippen LogP contribution in [-0.4, -0.2) is 0 Å². The molecule has 0 fully saturated rings. The van der Waals surface area contributed by atoms with Crippen LogP contribution >= 0.6 is 0 Å². The first-order valence-electron chi connectivity index (χ1n) is 2.42. The maximum Gasteiger partial charge on any atom is -0.0157 e. The molecular formula is C7H8. The van der Waals surface area contributed by atoms with Gasteiger partial charge in [-0.2, -0.15) is 0 Å². The van der Waals surface area contributed by atoms with E-state index in [4.69, 9.17) is 0 Å². The largest absolute Gasteiger partial charge is 0.0985 e. The molecule has 0 aromatic carbocycles. The molecule has 0 bridgehead atoms. The van der Waals surface area contributed by atoms with E-state index in [-0.39, 0.29) is 0 Å². The van der Waals surface area contributed by atoms with Crippen LogP contribution in [0.2, 0.25) is 0 Å². The summed E-state index contributed by atoms with van der Waals surface area (Å²) in [7, 11) is 0. The van der Waals surface area contributed by atoms with Gasteiger partial charge in [0.25, 0.3) is 0 Å². The molecule has 0 spiro atoms. The van der Waals surface area contributed by atoms with Crippen molar-refractivity contribution in [2.45, 2.75) is 6.42 Å². The van der Waals surface area contributed by atoms with Gasteiger partial charge in [-0.3, -0.25) is 0 Å². The normalized spacial score (nSPS) is 16.9. The van der Waals surface area contributed by atoms with Gasteiger partial charge in [0, 0.05) is 0 Å². The Hall–Kier alpha value is -0.780. The number of hydrogen-bond donors (Lipinski definition) is 0. The maximum atomic E-state index is 3.62. The Morgan fingerprint density at radius 2 is 2.57 bits per heavy atom. The minimum Gasteiger partial charge on any atom is -0.0985 e. The van der Waals surface area contributed by atoms with Crippen LogP contribution in [0.3, 0.4) is 0 Å². The van der Waals surface area contributed by atoms with E-state index in [0.29, 0.717) is 0 Å². The smallest absolute Gasteiger partial charge is 0.0157 e. The summed E-state index contributed by atoms with van der Waals surface area (Å²) in [6.45, 7) is 3.62. The van der Waals surface area contributed by atoms with Crippen molar-refractivity contribution in [3.8, 4) is 0 Å². The standard InChI is InChI=1S/C7H8/c1-2-7-5-3-4-6-7/h2-3,5-6H,1,4H2. The van der Waals surface area contributed by atoms with Crippen molar-refractivity contribution in [3.05, 3.63) is 36.5 Å².